The van der Waals surface area contributed by atoms with E-state index in [4.69, 9.17) is 14.2 Å². The highest BCUT2D eigenvalue weighted by atomic mass is 16.5. The Morgan fingerprint density at radius 2 is 1.86 bits per heavy atom. The van der Waals surface area contributed by atoms with E-state index in [0.29, 0.717) is 0 Å². The fourth-order valence-electron chi connectivity index (χ4n) is 4.11. The Hall–Kier alpha value is -2.63. The molecule has 5 heteroatoms. The SMILES string of the molecule is COc1cccc(CN(Cc2ccnc3ccccc23)C[C@@H]2CCCO2)c1OC. The smallest absolute Gasteiger partial charge is 0.165 e. The maximum absolute atomic E-state index is 5.94. The quantitative estimate of drug-likeness (QED) is 0.567. The number of ether oxygens (including phenoxy) is 3. The molecule has 2 aromatic carbocycles. The number of benzene rings is 2. The minimum Gasteiger partial charge on any atom is -0.493 e. The van der Waals surface area contributed by atoms with Crippen LogP contribution in [0.1, 0.15) is 24.0 Å². The third kappa shape index (κ3) is 4.52. The van der Waals surface area contributed by atoms with Gasteiger partial charge in [-0.05, 0) is 36.6 Å². The number of hydrogen-bond donors (Lipinski definition) is 0. The predicted octanol–water partition coefficient (Wildman–Crippen LogP) is 4.43. The van der Waals surface area contributed by atoms with Gasteiger partial charge in [0.15, 0.2) is 11.5 Å². The first-order valence-electron chi connectivity index (χ1n) is 10.1. The summed E-state index contributed by atoms with van der Waals surface area (Å²) in [4.78, 5) is 6.95. The summed E-state index contributed by atoms with van der Waals surface area (Å²) < 4.78 is 17.1. The van der Waals surface area contributed by atoms with E-state index in [1.54, 1.807) is 14.2 Å². The van der Waals surface area contributed by atoms with Gasteiger partial charge in [-0.15, -0.1) is 0 Å². The molecular formula is C24H28N2O3. The second kappa shape index (κ2) is 9.25. The molecule has 1 aliphatic heterocycles. The van der Waals surface area contributed by atoms with Gasteiger partial charge in [-0.1, -0.05) is 30.3 Å². The zero-order chi connectivity index (χ0) is 20.1. The fraction of sp³-hybridized carbons (Fsp3) is 0.375. The molecular weight excluding hydrogens is 364 g/mol. The van der Waals surface area contributed by atoms with Crippen molar-refractivity contribution in [2.75, 3.05) is 27.4 Å². The van der Waals surface area contributed by atoms with Gasteiger partial charge in [-0.25, -0.2) is 0 Å². The Bertz CT molecular complexity index is 949. The molecule has 5 nitrogen and oxygen atoms in total. The molecule has 0 saturated carbocycles. The van der Waals surface area contributed by atoms with Gasteiger partial charge in [-0.3, -0.25) is 9.88 Å². The summed E-state index contributed by atoms with van der Waals surface area (Å²) in [7, 11) is 3.37. The number of para-hydroxylation sites is 2. The summed E-state index contributed by atoms with van der Waals surface area (Å²) in [5.41, 5.74) is 3.42. The van der Waals surface area contributed by atoms with Crippen LogP contribution in [0.4, 0.5) is 0 Å². The van der Waals surface area contributed by atoms with Crippen LogP contribution in [0.15, 0.2) is 54.7 Å². The molecule has 152 valence electrons. The first kappa shape index (κ1) is 19.7. The van der Waals surface area contributed by atoms with Crippen LogP contribution in [0.3, 0.4) is 0 Å². The standard InChI is InChI=1S/C24H28N2O3/c1-27-23-11-5-7-19(24(23)28-2)16-26(17-20-8-6-14-29-20)15-18-12-13-25-22-10-4-3-9-21(18)22/h3-5,7,9-13,20H,6,8,14-17H2,1-2H3/t20-/m0/s1. The molecule has 1 saturated heterocycles. The summed E-state index contributed by atoms with van der Waals surface area (Å²) >= 11 is 0. The largest absolute Gasteiger partial charge is 0.493 e. The van der Waals surface area contributed by atoms with Gasteiger partial charge in [0.2, 0.25) is 0 Å². The molecule has 2 heterocycles. The van der Waals surface area contributed by atoms with Gasteiger partial charge < -0.3 is 14.2 Å². The molecule has 3 aromatic rings. The Balaban J connectivity index is 1.63. The van der Waals surface area contributed by atoms with Crippen LogP contribution in [0, 0.1) is 0 Å². The number of fused-ring (bicyclic) bond motifs is 1. The van der Waals surface area contributed by atoms with E-state index >= 15 is 0 Å². The second-order valence-electron chi connectivity index (χ2n) is 7.44. The Morgan fingerprint density at radius 1 is 1.00 bits per heavy atom. The number of nitrogens with zero attached hydrogens (tertiary/aromatic N) is 2. The minimum atomic E-state index is 0.278. The van der Waals surface area contributed by atoms with Gasteiger partial charge in [0.1, 0.15) is 0 Å². The van der Waals surface area contributed by atoms with Gasteiger partial charge in [-0.2, -0.15) is 0 Å². The van der Waals surface area contributed by atoms with Crippen LogP contribution >= 0.6 is 0 Å². The third-order valence-corrected chi connectivity index (χ3v) is 5.50. The Kier molecular flexibility index (Phi) is 6.27. The number of methoxy groups -OCH3 is 2. The molecule has 1 aliphatic rings. The van der Waals surface area contributed by atoms with E-state index in [1.807, 2.05) is 24.4 Å². The maximum Gasteiger partial charge on any atom is 0.165 e. The van der Waals surface area contributed by atoms with Gasteiger partial charge in [0.05, 0.1) is 25.8 Å². The number of rotatable bonds is 8. The summed E-state index contributed by atoms with van der Waals surface area (Å²) in [5, 5.41) is 1.20. The van der Waals surface area contributed by atoms with Crippen LogP contribution in [-0.4, -0.2) is 43.4 Å². The van der Waals surface area contributed by atoms with Crippen LogP contribution in [0.2, 0.25) is 0 Å². The summed E-state index contributed by atoms with van der Waals surface area (Å²) in [6.45, 7) is 3.33. The number of hydrogen-bond acceptors (Lipinski definition) is 5. The first-order chi connectivity index (χ1) is 14.3. The molecule has 1 atom stereocenters. The normalized spacial score (nSPS) is 16.4. The summed E-state index contributed by atoms with van der Waals surface area (Å²) in [6.07, 6.45) is 4.43. The fourth-order valence-corrected chi connectivity index (χ4v) is 4.11. The van der Waals surface area contributed by atoms with Crippen molar-refractivity contribution in [2.24, 2.45) is 0 Å². The Labute approximate surface area is 172 Å². The zero-order valence-electron chi connectivity index (χ0n) is 17.1. The monoisotopic (exact) mass is 392 g/mol. The van der Waals surface area contributed by atoms with Crippen LogP contribution in [-0.2, 0) is 17.8 Å². The molecule has 1 aromatic heterocycles. The van der Waals surface area contributed by atoms with Crippen LogP contribution < -0.4 is 9.47 Å². The lowest BCUT2D eigenvalue weighted by molar-refractivity contribution is 0.0677. The van der Waals surface area contributed by atoms with Crippen molar-refractivity contribution in [2.45, 2.75) is 32.0 Å². The highest BCUT2D eigenvalue weighted by Gasteiger charge is 2.22. The van der Waals surface area contributed by atoms with Crippen molar-refractivity contribution in [3.05, 3.63) is 65.9 Å². The van der Waals surface area contributed by atoms with Crippen molar-refractivity contribution in [3.63, 3.8) is 0 Å². The molecule has 1 fully saturated rings. The molecule has 0 bridgehead atoms. The molecule has 29 heavy (non-hydrogen) atoms. The average molecular weight is 392 g/mol. The molecule has 0 radical (unpaired) electrons. The number of pyridine rings is 1. The second-order valence-corrected chi connectivity index (χ2v) is 7.44. The molecule has 0 aliphatic carbocycles. The third-order valence-electron chi connectivity index (χ3n) is 5.50. The van der Waals surface area contributed by atoms with Gasteiger partial charge in [0, 0.05) is 43.4 Å². The van der Waals surface area contributed by atoms with Crippen molar-refractivity contribution < 1.29 is 14.2 Å². The molecule has 0 spiro atoms. The van der Waals surface area contributed by atoms with E-state index in [9.17, 15) is 0 Å². The van der Waals surface area contributed by atoms with Crippen LogP contribution in [0.25, 0.3) is 10.9 Å². The topological polar surface area (TPSA) is 43.8 Å². The molecule has 0 amide bonds. The molecule has 0 unspecified atom stereocenters. The first-order valence-corrected chi connectivity index (χ1v) is 10.1. The highest BCUT2D eigenvalue weighted by molar-refractivity contribution is 5.81. The summed E-state index contributed by atoms with van der Waals surface area (Å²) in [6, 6.07) is 16.5. The molecule has 0 N–H and O–H groups in total. The highest BCUT2D eigenvalue weighted by Crippen LogP contribution is 2.32. The predicted molar refractivity (Wildman–Crippen MR) is 114 cm³/mol. The minimum absolute atomic E-state index is 0.278. The van der Waals surface area contributed by atoms with Gasteiger partial charge in [0.25, 0.3) is 0 Å². The zero-order valence-corrected chi connectivity index (χ0v) is 17.1. The van der Waals surface area contributed by atoms with E-state index in [-0.39, 0.29) is 6.10 Å². The maximum atomic E-state index is 5.94. The lowest BCUT2D eigenvalue weighted by atomic mass is 10.1. The van der Waals surface area contributed by atoms with Crippen molar-refractivity contribution in [1.29, 1.82) is 0 Å². The van der Waals surface area contributed by atoms with E-state index in [2.05, 4.69) is 40.2 Å². The van der Waals surface area contributed by atoms with E-state index in [0.717, 1.165) is 61.7 Å². The lowest BCUT2D eigenvalue weighted by Crippen LogP contribution is -2.31. The summed E-state index contributed by atoms with van der Waals surface area (Å²) in [5.74, 6) is 1.56. The van der Waals surface area contributed by atoms with E-state index in [1.165, 1.54) is 10.9 Å². The van der Waals surface area contributed by atoms with Crippen molar-refractivity contribution in [3.8, 4) is 11.5 Å². The van der Waals surface area contributed by atoms with Crippen molar-refractivity contribution >= 4 is 10.9 Å². The van der Waals surface area contributed by atoms with Crippen molar-refractivity contribution in [1.82, 2.24) is 9.88 Å². The number of aromatic nitrogens is 1. The van der Waals surface area contributed by atoms with Crippen LogP contribution in [0.5, 0.6) is 11.5 Å². The lowest BCUT2D eigenvalue weighted by Gasteiger charge is -2.27. The molecule has 4 rings (SSSR count). The Morgan fingerprint density at radius 3 is 2.66 bits per heavy atom. The van der Waals surface area contributed by atoms with E-state index < -0.39 is 0 Å². The average Bonchev–Trinajstić information content (AvgIpc) is 3.27. The van der Waals surface area contributed by atoms with Gasteiger partial charge >= 0.3 is 0 Å².